The number of ether oxygens (including phenoxy) is 1. The van der Waals surface area contributed by atoms with Crippen LogP contribution in [0.25, 0.3) is 0 Å². The van der Waals surface area contributed by atoms with Gasteiger partial charge in [-0.05, 0) is 13.8 Å². The maximum absolute atomic E-state index is 11.8. The van der Waals surface area contributed by atoms with Gasteiger partial charge in [0.2, 0.25) is 11.8 Å². The van der Waals surface area contributed by atoms with Crippen molar-refractivity contribution in [2.24, 2.45) is 0 Å². The summed E-state index contributed by atoms with van der Waals surface area (Å²) >= 11 is 0. The number of aryl methyl sites for hydroxylation is 1. The molecule has 1 unspecified atom stereocenters. The minimum Gasteiger partial charge on any atom is -0.497 e. The standard InChI is InChI=1S/C13H17N3O3/c1-8-4-11(19-3)5-10(15-8)7-16-9(2)13(18)14-6-12(16)17/h4-5,9H,6-7H2,1-3H3,(H,14,18). The summed E-state index contributed by atoms with van der Waals surface area (Å²) in [6.07, 6.45) is 0. The van der Waals surface area contributed by atoms with Crippen LogP contribution < -0.4 is 10.1 Å². The van der Waals surface area contributed by atoms with E-state index in [0.717, 1.165) is 5.69 Å². The molecule has 0 spiro atoms. The molecule has 0 bridgehead atoms. The molecule has 2 amide bonds. The summed E-state index contributed by atoms with van der Waals surface area (Å²) in [5.41, 5.74) is 1.53. The lowest BCUT2D eigenvalue weighted by Crippen LogP contribution is -2.56. The summed E-state index contributed by atoms with van der Waals surface area (Å²) in [7, 11) is 1.58. The van der Waals surface area contributed by atoms with Gasteiger partial charge < -0.3 is 15.0 Å². The maximum atomic E-state index is 11.8. The Morgan fingerprint density at radius 3 is 2.89 bits per heavy atom. The number of hydrogen-bond acceptors (Lipinski definition) is 4. The van der Waals surface area contributed by atoms with Crippen molar-refractivity contribution in [3.05, 3.63) is 23.5 Å². The first-order valence-electron chi connectivity index (χ1n) is 6.10. The Bertz CT molecular complexity index is 516. The molecule has 102 valence electrons. The molecule has 2 heterocycles. The first kappa shape index (κ1) is 13.3. The van der Waals surface area contributed by atoms with Gasteiger partial charge in [0.25, 0.3) is 0 Å². The molecule has 1 saturated heterocycles. The monoisotopic (exact) mass is 263 g/mol. The SMILES string of the molecule is COc1cc(C)nc(CN2C(=O)CNC(=O)C2C)c1. The van der Waals surface area contributed by atoms with Crippen molar-refractivity contribution < 1.29 is 14.3 Å². The zero-order valence-electron chi connectivity index (χ0n) is 11.3. The Kier molecular flexibility index (Phi) is 3.69. The first-order chi connectivity index (χ1) is 9.01. The molecule has 0 aromatic carbocycles. The predicted molar refractivity (Wildman–Crippen MR) is 68.5 cm³/mol. The Hall–Kier alpha value is -2.11. The molecular formula is C13H17N3O3. The number of pyridine rings is 1. The molecule has 2 rings (SSSR count). The van der Waals surface area contributed by atoms with Gasteiger partial charge in [-0.1, -0.05) is 0 Å². The highest BCUT2D eigenvalue weighted by Crippen LogP contribution is 2.16. The van der Waals surface area contributed by atoms with Gasteiger partial charge in [-0.2, -0.15) is 0 Å². The number of nitrogens with zero attached hydrogens (tertiary/aromatic N) is 2. The van der Waals surface area contributed by atoms with Gasteiger partial charge >= 0.3 is 0 Å². The first-order valence-corrected chi connectivity index (χ1v) is 6.10. The van der Waals surface area contributed by atoms with Crippen LogP contribution in [0, 0.1) is 6.92 Å². The van der Waals surface area contributed by atoms with Crippen LogP contribution in [-0.2, 0) is 16.1 Å². The number of aromatic nitrogens is 1. The van der Waals surface area contributed by atoms with E-state index in [4.69, 9.17) is 4.74 Å². The van der Waals surface area contributed by atoms with Crippen LogP contribution in [-0.4, -0.2) is 41.4 Å². The van der Waals surface area contributed by atoms with Crippen LogP contribution in [0.15, 0.2) is 12.1 Å². The van der Waals surface area contributed by atoms with E-state index in [-0.39, 0.29) is 18.4 Å². The molecule has 1 N–H and O–H groups in total. The van der Waals surface area contributed by atoms with E-state index in [1.54, 1.807) is 20.1 Å². The van der Waals surface area contributed by atoms with Gasteiger partial charge in [0.1, 0.15) is 11.8 Å². The molecule has 0 saturated carbocycles. The molecule has 1 atom stereocenters. The van der Waals surface area contributed by atoms with Crippen LogP contribution in [0.1, 0.15) is 18.3 Å². The fourth-order valence-electron chi connectivity index (χ4n) is 2.07. The predicted octanol–water partition coefficient (Wildman–Crippen LogP) is 0.246. The third-order valence-corrected chi connectivity index (χ3v) is 3.13. The van der Waals surface area contributed by atoms with Crippen molar-refractivity contribution in [1.82, 2.24) is 15.2 Å². The number of nitrogens with one attached hydrogen (secondary N) is 1. The average Bonchev–Trinajstić information content (AvgIpc) is 2.38. The smallest absolute Gasteiger partial charge is 0.242 e. The zero-order chi connectivity index (χ0) is 14.0. The van der Waals surface area contributed by atoms with Gasteiger partial charge in [-0.3, -0.25) is 14.6 Å². The molecule has 0 radical (unpaired) electrons. The number of hydrogen-bond donors (Lipinski definition) is 1. The van der Waals surface area contributed by atoms with E-state index >= 15 is 0 Å². The van der Waals surface area contributed by atoms with Gasteiger partial charge in [0.05, 0.1) is 25.9 Å². The van der Waals surface area contributed by atoms with Crippen LogP contribution in [0.2, 0.25) is 0 Å². The normalized spacial score (nSPS) is 19.3. The van der Waals surface area contributed by atoms with Gasteiger partial charge in [-0.25, -0.2) is 0 Å². The topological polar surface area (TPSA) is 71.5 Å². The van der Waals surface area contributed by atoms with Crippen molar-refractivity contribution in [3.63, 3.8) is 0 Å². The number of amides is 2. The Morgan fingerprint density at radius 1 is 1.47 bits per heavy atom. The van der Waals surface area contributed by atoms with Crippen molar-refractivity contribution in [1.29, 1.82) is 0 Å². The van der Waals surface area contributed by atoms with E-state index in [9.17, 15) is 9.59 Å². The zero-order valence-corrected chi connectivity index (χ0v) is 11.3. The van der Waals surface area contributed by atoms with Crippen molar-refractivity contribution in [2.45, 2.75) is 26.4 Å². The van der Waals surface area contributed by atoms with Gasteiger partial charge in [0, 0.05) is 17.8 Å². The van der Waals surface area contributed by atoms with E-state index in [0.29, 0.717) is 18.0 Å². The fourth-order valence-corrected chi connectivity index (χ4v) is 2.07. The molecule has 19 heavy (non-hydrogen) atoms. The number of carbonyl (C=O) groups is 2. The van der Waals surface area contributed by atoms with Crippen LogP contribution in [0.5, 0.6) is 5.75 Å². The number of methoxy groups -OCH3 is 1. The van der Waals surface area contributed by atoms with Crippen molar-refractivity contribution in [2.75, 3.05) is 13.7 Å². The Labute approximate surface area is 111 Å². The Balaban J connectivity index is 2.21. The van der Waals surface area contributed by atoms with Crippen molar-refractivity contribution in [3.8, 4) is 5.75 Å². The molecule has 1 aromatic heterocycles. The summed E-state index contributed by atoms with van der Waals surface area (Å²) in [5.74, 6) is 0.456. The van der Waals surface area contributed by atoms with Gasteiger partial charge in [-0.15, -0.1) is 0 Å². The Morgan fingerprint density at radius 2 is 2.21 bits per heavy atom. The van der Waals surface area contributed by atoms with E-state index in [1.807, 2.05) is 13.0 Å². The molecular weight excluding hydrogens is 246 g/mol. The highest BCUT2D eigenvalue weighted by Gasteiger charge is 2.31. The lowest BCUT2D eigenvalue weighted by atomic mass is 10.1. The molecule has 1 aromatic rings. The van der Waals surface area contributed by atoms with Crippen LogP contribution >= 0.6 is 0 Å². The lowest BCUT2D eigenvalue weighted by molar-refractivity contribution is -0.145. The molecule has 1 aliphatic rings. The summed E-state index contributed by atoms with van der Waals surface area (Å²) in [5, 5.41) is 2.56. The quantitative estimate of drug-likeness (QED) is 0.848. The summed E-state index contributed by atoms with van der Waals surface area (Å²) in [6, 6.07) is 3.12. The van der Waals surface area contributed by atoms with Crippen LogP contribution in [0.3, 0.4) is 0 Å². The number of rotatable bonds is 3. The molecule has 1 fully saturated rings. The average molecular weight is 263 g/mol. The third-order valence-electron chi connectivity index (χ3n) is 3.13. The highest BCUT2D eigenvalue weighted by atomic mass is 16.5. The van der Waals surface area contributed by atoms with E-state index in [2.05, 4.69) is 10.3 Å². The summed E-state index contributed by atoms with van der Waals surface area (Å²) < 4.78 is 5.18. The van der Waals surface area contributed by atoms with Gasteiger partial charge in [0.15, 0.2) is 0 Å². The van der Waals surface area contributed by atoms with E-state index in [1.165, 1.54) is 4.90 Å². The number of carbonyl (C=O) groups excluding carboxylic acids is 2. The second-order valence-corrected chi connectivity index (χ2v) is 4.56. The van der Waals surface area contributed by atoms with Crippen molar-refractivity contribution >= 4 is 11.8 Å². The lowest BCUT2D eigenvalue weighted by Gasteiger charge is -2.32. The summed E-state index contributed by atoms with van der Waals surface area (Å²) in [6.45, 7) is 3.93. The van der Waals surface area contributed by atoms with E-state index < -0.39 is 6.04 Å². The number of piperazine rings is 1. The third kappa shape index (κ3) is 2.83. The second kappa shape index (κ2) is 5.26. The largest absolute Gasteiger partial charge is 0.497 e. The summed E-state index contributed by atoms with van der Waals surface area (Å²) in [4.78, 5) is 29.3. The fraction of sp³-hybridized carbons (Fsp3) is 0.462. The highest BCUT2D eigenvalue weighted by molar-refractivity contribution is 5.94. The molecule has 1 aliphatic heterocycles. The minimum absolute atomic E-state index is 0.0477. The second-order valence-electron chi connectivity index (χ2n) is 4.56. The maximum Gasteiger partial charge on any atom is 0.242 e. The minimum atomic E-state index is -0.477. The molecule has 0 aliphatic carbocycles. The molecule has 6 heteroatoms. The van der Waals surface area contributed by atoms with Crippen LogP contribution in [0.4, 0.5) is 0 Å². The molecule has 6 nitrogen and oxygen atoms in total.